The molecule has 7 heteroatoms. The minimum Gasteiger partial charge on any atom is -0.457 e. The number of halogens is 2. The summed E-state index contributed by atoms with van der Waals surface area (Å²) in [5, 5.41) is 5.59. The maximum absolute atomic E-state index is 12.1. The molecule has 3 rings (SSSR count). The Morgan fingerprint density at radius 1 is 0.893 bits per heavy atom. The molecule has 0 saturated heterocycles. The molecule has 0 unspecified atom stereocenters. The second-order valence-corrected chi connectivity index (χ2v) is 7.11. The number of ether oxygens (including phenoxy) is 1. The van der Waals surface area contributed by atoms with E-state index >= 15 is 0 Å². The number of rotatable bonds is 6. The van der Waals surface area contributed by atoms with Crippen LogP contribution < -0.4 is 15.4 Å². The normalized spacial score (nSPS) is 10.2. The number of carbonyl (C=O) groups excluding carboxylic acids is 2. The van der Waals surface area contributed by atoms with Gasteiger partial charge in [0.25, 0.3) is 5.91 Å². The number of amides is 2. The average molecular weight is 460 g/mol. The summed E-state index contributed by atoms with van der Waals surface area (Å²) < 4.78 is 6.70. The number of hydrogen-bond donors (Lipinski definition) is 2. The van der Waals surface area contributed by atoms with Gasteiger partial charge in [0.15, 0.2) is 0 Å². The number of benzene rings is 3. The molecule has 5 nitrogen and oxygen atoms in total. The Kier molecular flexibility index (Phi) is 6.68. The lowest BCUT2D eigenvalue weighted by molar-refractivity contribution is -0.115. The number of carbonyl (C=O) groups is 2. The molecule has 0 aliphatic carbocycles. The van der Waals surface area contributed by atoms with Gasteiger partial charge in [-0.1, -0.05) is 39.7 Å². The molecule has 2 amide bonds. The van der Waals surface area contributed by atoms with Crippen molar-refractivity contribution in [3.8, 4) is 11.5 Å². The smallest absolute Gasteiger partial charge is 0.253 e. The second-order valence-electron chi connectivity index (χ2n) is 5.79. The molecule has 3 aromatic rings. The van der Waals surface area contributed by atoms with Crippen LogP contribution in [-0.4, -0.2) is 18.4 Å². The lowest BCUT2D eigenvalue weighted by Crippen LogP contribution is -2.32. The zero-order chi connectivity index (χ0) is 19.9. The molecule has 0 aliphatic rings. The highest BCUT2D eigenvalue weighted by Crippen LogP contribution is 2.24. The van der Waals surface area contributed by atoms with Crippen molar-refractivity contribution in [1.82, 2.24) is 5.32 Å². The van der Waals surface area contributed by atoms with E-state index in [0.29, 0.717) is 27.8 Å². The highest BCUT2D eigenvalue weighted by atomic mass is 79.9. The second kappa shape index (κ2) is 9.39. The summed E-state index contributed by atoms with van der Waals surface area (Å²) in [4.78, 5) is 24.1. The van der Waals surface area contributed by atoms with Crippen molar-refractivity contribution in [2.45, 2.75) is 0 Å². The van der Waals surface area contributed by atoms with Crippen molar-refractivity contribution in [2.75, 3.05) is 11.9 Å². The zero-order valence-corrected chi connectivity index (χ0v) is 17.0. The van der Waals surface area contributed by atoms with Crippen molar-refractivity contribution in [2.24, 2.45) is 0 Å². The maximum atomic E-state index is 12.1. The van der Waals surface area contributed by atoms with Gasteiger partial charge in [-0.2, -0.15) is 0 Å². The third-order valence-electron chi connectivity index (χ3n) is 3.72. The van der Waals surface area contributed by atoms with E-state index in [9.17, 15) is 9.59 Å². The van der Waals surface area contributed by atoms with Crippen molar-refractivity contribution in [3.05, 3.63) is 87.9 Å². The zero-order valence-electron chi connectivity index (χ0n) is 14.6. The van der Waals surface area contributed by atoms with Gasteiger partial charge in [-0.3, -0.25) is 9.59 Å². The first-order valence-corrected chi connectivity index (χ1v) is 9.54. The Balaban J connectivity index is 1.51. The molecule has 0 bridgehead atoms. The molecule has 3 aromatic carbocycles. The first kappa shape index (κ1) is 19.9. The van der Waals surface area contributed by atoms with Crippen LogP contribution in [-0.2, 0) is 4.79 Å². The van der Waals surface area contributed by atoms with Crippen LogP contribution in [0.2, 0.25) is 5.02 Å². The van der Waals surface area contributed by atoms with Crippen LogP contribution in [0.1, 0.15) is 10.4 Å². The summed E-state index contributed by atoms with van der Waals surface area (Å²) in [6, 6.07) is 21.1. The largest absolute Gasteiger partial charge is 0.457 e. The Labute approximate surface area is 175 Å². The molecule has 0 radical (unpaired) electrons. The van der Waals surface area contributed by atoms with E-state index < -0.39 is 5.91 Å². The molecule has 0 saturated carbocycles. The van der Waals surface area contributed by atoms with Crippen molar-refractivity contribution >= 4 is 45.0 Å². The molecule has 0 spiro atoms. The molecular weight excluding hydrogens is 444 g/mol. The maximum Gasteiger partial charge on any atom is 0.253 e. The summed E-state index contributed by atoms with van der Waals surface area (Å²) in [6.07, 6.45) is 0. The topological polar surface area (TPSA) is 67.4 Å². The molecule has 0 aromatic heterocycles. The minimum atomic E-state index is -0.404. The third kappa shape index (κ3) is 5.58. The summed E-state index contributed by atoms with van der Waals surface area (Å²) in [7, 11) is 0. The van der Waals surface area contributed by atoms with E-state index in [1.807, 2.05) is 24.3 Å². The van der Waals surface area contributed by atoms with Gasteiger partial charge in [0.2, 0.25) is 5.91 Å². The van der Waals surface area contributed by atoms with E-state index in [4.69, 9.17) is 16.3 Å². The minimum absolute atomic E-state index is 0.165. The fraction of sp³-hybridized carbons (Fsp3) is 0.0476. The molecular formula is C21H16BrClN2O3. The van der Waals surface area contributed by atoms with E-state index in [1.54, 1.807) is 48.5 Å². The van der Waals surface area contributed by atoms with E-state index in [1.165, 1.54) is 0 Å². The Morgan fingerprint density at radius 3 is 2.14 bits per heavy atom. The summed E-state index contributed by atoms with van der Waals surface area (Å²) in [5.74, 6) is 0.607. The molecule has 0 atom stereocenters. The SMILES string of the molecule is O=C(CNC(=O)c1ccccc1Cl)Nc1ccc(Oc2ccc(Br)cc2)cc1. The van der Waals surface area contributed by atoms with Crippen molar-refractivity contribution < 1.29 is 14.3 Å². The van der Waals surface area contributed by atoms with Crippen LogP contribution in [0.4, 0.5) is 5.69 Å². The van der Waals surface area contributed by atoms with Gasteiger partial charge < -0.3 is 15.4 Å². The van der Waals surface area contributed by atoms with E-state index in [0.717, 1.165) is 4.47 Å². The highest BCUT2D eigenvalue weighted by Gasteiger charge is 2.11. The quantitative estimate of drug-likeness (QED) is 0.528. The van der Waals surface area contributed by atoms with Crippen LogP contribution in [0, 0.1) is 0 Å². The van der Waals surface area contributed by atoms with Crippen LogP contribution in [0.25, 0.3) is 0 Å². The molecule has 2 N–H and O–H groups in total. The monoisotopic (exact) mass is 458 g/mol. The summed E-state index contributed by atoms with van der Waals surface area (Å²) in [6.45, 7) is -0.165. The van der Waals surface area contributed by atoms with Gasteiger partial charge in [-0.05, 0) is 60.7 Å². The fourth-order valence-electron chi connectivity index (χ4n) is 2.35. The van der Waals surface area contributed by atoms with Gasteiger partial charge in [-0.15, -0.1) is 0 Å². The Bertz CT molecular complexity index is 976. The Hall–Kier alpha value is -2.83. The average Bonchev–Trinajstić information content (AvgIpc) is 2.70. The van der Waals surface area contributed by atoms with Crippen molar-refractivity contribution in [3.63, 3.8) is 0 Å². The van der Waals surface area contributed by atoms with Crippen LogP contribution in [0.15, 0.2) is 77.3 Å². The lowest BCUT2D eigenvalue weighted by Gasteiger charge is -2.09. The molecule has 0 heterocycles. The molecule has 28 heavy (non-hydrogen) atoms. The fourth-order valence-corrected chi connectivity index (χ4v) is 2.84. The predicted molar refractivity (Wildman–Crippen MR) is 113 cm³/mol. The summed E-state index contributed by atoms with van der Waals surface area (Å²) in [5.41, 5.74) is 0.923. The third-order valence-corrected chi connectivity index (χ3v) is 4.57. The van der Waals surface area contributed by atoms with E-state index in [2.05, 4.69) is 26.6 Å². The standard InChI is InChI=1S/C21H16BrClN2O3/c22-14-5-9-16(10-6-14)28-17-11-7-15(8-12-17)25-20(26)13-24-21(27)18-3-1-2-4-19(18)23/h1-12H,13H2,(H,24,27)(H,25,26). The van der Waals surface area contributed by atoms with Gasteiger partial charge >= 0.3 is 0 Å². The summed E-state index contributed by atoms with van der Waals surface area (Å²) >= 11 is 9.34. The molecule has 0 fully saturated rings. The molecule has 142 valence electrons. The lowest BCUT2D eigenvalue weighted by atomic mass is 10.2. The highest BCUT2D eigenvalue weighted by molar-refractivity contribution is 9.10. The van der Waals surface area contributed by atoms with Crippen molar-refractivity contribution in [1.29, 1.82) is 0 Å². The Morgan fingerprint density at radius 2 is 1.50 bits per heavy atom. The van der Waals surface area contributed by atoms with Crippen LogP contribution >= 0.6 is 27.5 Å². The number of anilines is 1. The van der Waals surface area contributed by atoms with Gasteiger partial charge in [-0.25, -0.2) is 0 Å². The van der Waals surface area contributed by atoms with Crippen LogP contribution in [0.5, 0.6) is 11.5 Å². The van der Waals surface area contributed by atoms with E-state index in [-0.39, 0.29) is 12.5 Å². The first-order chi connectivity index (χ1) is 13.5. The predicted octanol–water partition coefficient (Wildman–Crippen LogP) is 5.26. The van der Waals surface area contributed by atoms with Gasteiger partial charge in [0.1, 0.15) is 11.5 Å². The number of hydrogen-bond acceptors (Lipinski definition) is 3. The van der Waals surface area contributed by atoms with Crippen LogP contribution in [0.3, 0.4) is 0 Å². The first-order valence-electron chi connectivity index (χ1n) is 8.37. The van der Waals surface area contributed by atoms with Gasteiger partial charge in [0.05, 0.1) is 17.1 Å². The van der Waals surface area contributed by atoms with Gasteiger partial charge in [0, 0.05) is 10.2 Å². The molecule has 0 aliphatic heterocycles. The number of nitrogens with one attached hydrogen (secondary N) is 2.